The number of hydrogen-bond donors (Lipinski definition) is 1. The number of ether oxygens (including phenoxy) is 1. The first-order valence-corrected chi connectivity index (χ1v) is 7.68. The highest BCUT2D eigenvalue weighted by Gasteiger charge is 2.12. The molecule has 110 valence electrons. The number of hydrogen-bond acceptors (Lipinski definition) is 3. The summed E-state index contributed by atoms with van der Waals surface area (Å²) in [7, 11) is 0.280. The molecule has 0 bridgehead atoms. The molecule has 2 rings (SSSR count). The Balaban J connectivity index is 2.24. The molecule has 0 amide bonds. The van der Waals surface area contributed by atoms with Gasteiger partial charge in [-0.25, -0.2) is 4.79 Å². The van der Waals surface area contributed by atoms with Crippen LogP contribution in [0.4, 0.5) is 0 Å². The second-order valence-electron chi connectivity index (χ2n) is 4.62. The van der Waals surface area contributed by atoms with Crippen molar-refractivity contribution in [1.82, 2.24) is 0 Å². The Morgan fingerprint density at radius 3 is 2.67 bits per heavy atom. The summed E-state index contributed by atoms with van der Waals surface area (Å²) in [5.74, 6) is 0.0200. The van der Waals surface area contributed by atoms with Crippen LogP contribution in [-0.2, 0) is 16.6 Å². The average molecular weight is 304 g/mol. The first kappa shape index (κ1) is 15.3. The van der Waals surface area contributed by atoms with Crippen LogP contribution in [0.25, 0.3) is 0 Å². The molecule has 5 heteroatoms. The molecule has 0 saturated carbocycles. The van der Waals surface area contributed by atoms with Gasteiger partial charge in [0.25, 0.3) is 0 Å². The van der Waals surface area contributed by atoms with Gasteiger partial charge in [0, 0.05) is 4.90 Å². The second-order valence-corrected chi connectivity index (χ2v) is 6.07. The Kier molecular flexibility index (Phi) is 4.75. The van der Waals surface area contributed by atoms with Crippen molar-refractivity contribution in [3.05, 3.63) is 59.2 Å². The molecule has 2 aromatic rings. The van der Waals surface area contributed by atoms with Crippen molar-refractivity contribution in [2.45, 2.75) is 17.6 Å². The zero-order valence-electron chi connectivity index (χ0n) is 11.8. The van der Waals surface area contributed by atoms with Crippen LogP contribution in [0, 0.1) is 6.92 Å². The molecule has 1 N–H and O–H groups in total. The molecular weight excluding hydrogens is 288 g/mol. The molecule has 0 aliphatic heterocycles. The van der Waals surface area contributed by atoms with E-state index in [1.54, 1.807) is 26.2 Å². The number of carbonyl (C=O) groups is 1. The lowest BCUT2D eigenvalue weighted by molar-refractivity contribution is 0.0696. The average Bonchev–Trinajstić information content (AvgIpc) is 2.47. The van der Waals surface area contributed by atoms with Crippen molar-refractivity contribution in [2.24, 2.45) is 0 Å². The van der Waals surface area contributed by atoms with Gasteiger partial charge in [0.15, 0.2) is 0 Å². The summed E-state index contributed by atoms with van der Waals surface area (Å²) in [6.45, 7) is 1.72. The molecule has 0 radical (unpaired) electrons. The molecular formula is C16H16O4S. The SMILES string of the molecule is COc1cccc(CS(=O)c2ccc(C)c(C(=O)O)c2)c1. The first-order chi connectivity index (χ1) is 10.0. The molecule has 1 atom stereocenters. The predicted octanol–water partition coefficient (Wildman–Crippen LogP) is 3.01. The maximum atomic E-state index is 12.4. The summed E-state index contributed by atoms with van der Waals surface area (Å²) in [6, 6.07) is 12.2. The summed E-state index contributed by atoms with van der Waals surface area (Å²) < 4.78 is 17.5. The monoisotopic (exact) mass is 304 g/mol. The minimum Gasteiger partial charge on any atom is -0.497 e. The fraction of sp³-hybridized carbons (Fsp3) is 0.188. The summed E-state index contributed by atoms with van der Waals surface area (Å²) in [6.07, 6.45) is 0. The molecule has 0 aromatic heterocycles. The topological polar surface area (TPSA) is 63.6 Å². The summed E-state index contributed by atoms with van der Waals surface area (Å²) in [5, 5.41) is 9.11. The van der Waals surface area contributed by atoms with E-state index in [-0.39, 0.29) is 5.56 Å². The third-order valence-electron chi connectivity index (χ3n) is 3.13. The van der Waals surface area contributed by atoms with Crippen LogP contribution in [0.1, 0.15) is 21.5 Å². The number of methoxy groups -OCH3 is 1. The zero-order valence-corrected chi connectivity index (χ0v) is 12.6. The fourth-order valence-corrected chi connectivity index (χ4v) is 3.09. The maximum Gasteiger partial charge on any atom is 0.335 e. The molecule has 0 saturated heterocycles. The standard InChI is InChI=1S/C16H16O4S/c1-11-6-7-14(9-15(11)16(17)18)21(19)10-12-4-3-5-13(8-12)20-2/h3-9H,10H2,1-2H3,(H,17,18). The normalized spacial score (nSPS) is 11.9. The number of aromatic carboxylic acids is 1. The van der Waals surface area contributed by atoms with Gasteiger partial charge >= 0.3 is 5.97 Å². The lowest BCUT2D eigenvalue weighted by atomic mass is 10.1. The molecule has 0 aliphatic carbocycles. The van der Waals surface area contributed by atoms with E-state index in [2.05, 4.69) is 0 Å². The highest BCUT2D eigenvalue weighted by atomic mass is 32.2. The van der Waals surface area contributed by atoms with Crippen molar-refractivity contribution in [3.8, 4) is 5.75 Å². The van der Waals surface area contributed by atoms with Crippen molar-refractivity contribution in [3.63, 3.8) is 0 Å². The van der Waals surface area contributed by atoms with Crippen LogP contribution < -0.4 is 4.74 Å². The number of rotatable bonds is 5. The Hall–Kier alpha value is -2.14. The van der Waals surface area contributed by atoms with Crippen LogP contribution in [0.15, 0.2) is 47.4 Å². The van der Waals surface area contributed by atoms with Crippen molar-refractivity contribution >= 4 is 16.8 Å². The van der Waals surface area contributed by atoms with Crippen LogP contribution in [-0.4, -0.2) is 22.4 Å². The van der Waals surface area contributed by atoms with Gasteiger partial charge < -0.3 is 9.84 Å². The van der Waals surface area contributed by atoms with Gasteiger partial charge in [0.05, 0.1) is 29.2 Å². The number of carboxylic acids is 1. The van der Waals surface area contributed by atoms with Gasteiger partial charge in [0.1, 0.15) is 5.75 Å². The summed E-state index contributed by atoms with van der Waals surface area (Å²) in [5.41, 5.74) is 1.72. The van der Waals surface area contributed by atoms with E-state index < -0.39 is 16.8 Å². The van der Waals surface area contributed by atoms with Gasteiger partial charge in [-0.2, -0.15) is 0 Å². The number of carboxylic acid groups (broad SMARTS) is 1. The molecule has 21 heavy (non-hydrogen) atoms. The van der Waals surface area contributed by atoms with Gasteiger partial charge in [-0.1, -0.05) is 18.2 Å². The fourth-order valence-electron chi connectivity index (χ4n) is 1.97. The molecule has 0 aliphatic rings. The van der Waals surface area contributed by atoms with Gasteiger partial charge in [0.2, 0.25) is 0 Å². The Bertz CT molecular complexity index is 694. The smallest absolute Gasteiger partial charge is 0.335 e. The Morgan fingerprint density at radius 2 is 2.00 bits per heavy atom. The van der Waals surface area contributed by atoms with E-state index in [4.69, 9.17) is 9.84 Å². The van der Waals surface area contributed by atoms with Crippen LogP contribution in [0.2, 0.25) is 0 Å². The van der Waals surface area contributed by atoms with Gasteiger partial charge in [-0.15, -0.1) is 0 Å². The molecule has 0 spiro atoms. The first-order valence-electron chi connectivity index (χ1n) is 6.36. The third kappa shape index (κ3) is 3.70. The minimum absolute atomic E-state index is 0.187. The highest BCUT2D eigenvalue weighted by Crippen LogP contribution is 2.19. The van der Waals surface area contributed by atoms with E-state index in [0.717, 1.165) is 5.56 Å². The minimum atomic E-state index is -1.30. The molecule has 1 unspecified atom stereocenters. The lowest BCUT2D eigenvalue weighted by Crippen LogP contribution is -2.03. The van der Waals surface area contributed by atoms with Gasteiger partial charge in [-0.05, 0) is 42.3 Å². The Labute approximate surface area is 125 Å². The van der Waals surface area contributed by atoms with Crippen LogP contribution >= 0.6 is 0 Å². The van der Waals surface area contributed by atoms with Crippen LogP contribution in [0.3, 0.4) is 0 Å². The van der Waals surface area contributed by atoms with E-state index in [1.165, 1.54) is 6.07 Å². The lowest BCUT2D eigenvalue weighted by Gasteiger charge is -2.07. The largest absolute Gasteiger partial charge is 0.497 e. The molecule has 0 fully saturated rings. The van der Waals surface area contributed by atoms with Crippen molar-refractivity contribution < 1.29 is 18.8 Å². The second kappa shape index (κ2) is 6.54. The summed E-state index contributed by atoms with van der Waals surface area (Å²) >= 11 is 0. The van der Waals surface area contributed by atoms with E-state index >= 15 is 0 Å². The van der Waals surface area contributed by atoms with Gasteiger partial charge in [-0.3, -0.25) is 4.21 Å². The quantitative estimate of drug-likeness (QED) is 0.922. The van der Waals surface area contributed by atoms with E-state index in [0.29, 0.717) is 22.0 Å². The zero-order chi connectivity index (χ0) is 15.4. The number of aryl methyl sites for hydroxylation is 1. The highest BCUT2D eigenvalue weighted by molar-refractivity contribution is 7.84. The van der Waals surface area contributed by atoms with E-state index in [9.17, 15) is 9.00 Å². The number of benzene rings is 2. The maximum absolute atomic E-state index is 12.4. The third-order valence-corrected chi connectivity index (χ3v) is 4.51. The van der Waals surface area contributed by atoms with Crippen molar-refractivity contribution in [2.75, 3.05) is 7.11 Å². The Morgan fingerprint density at radius 1 is 1.24 bits per heavy atom. The van der Waals surface area contributed by atoms with Crippen molar-refractivity contribution in [1.29, 1.82) is 0 Å². The van der Waals surface area contributed by atoms with E-state index in [1.807, 2.05) is 24.3 Å². The molecule has 0 heterocycles. The molecule has 2 aromatic carbocycles. The molecule has 4 nitrogen and oxygen atoms in total. The van der Waals surface area contributed by atoms with Crippen LogP contribution in [0.5, 0.6) is 5.75 Å². The predicted molar refractivity (Wildman–Crippen MR) is 81.2 cm³/mol. The summed E-state index contributed by atoms with van der Waals surface area (Å²) in [4.78, 5) is 11.6.